The van der Waals surface area contributed by atoms with Crippen LogP contribution in [0.25, 0.3) is 11.5 Å². The third kappa shape index (κ3) is 6.02. The van der Waals surface area contributed by atoms with Crippen molar-refractivity contribution in [2.24, 2.45) is 0 Å². The summed E-state index contributed by atoms with van der Waals surface area (Å²) in [6.45, 7) is 12.0. The van der Waals surface area contributed by atoms with Gasteiger partial charge in [0.05, 0.1) is 6.61 Å². The van der Waals surface area contributed by atoms with Gasteiger partial charge >= 0.3 is 5.97 Å². The van der Waals surface area contributed by atoms with Crippen molar-refractivity contribution in [3.05, 3.63) is 42.2 Å². The van der Waals surface area contributed by atoms with Gasteiger partial charge in [-0.15, -0.1) is 0 Å². The number of unbranched alkanes of at least 4 members (excludes halogenated alkanes) is 1. The van der Waals surface area contributed by atoms with Crippen molar-refractivity contribution in [2.75, 3.05) is 6.61 Å². The zero-order chi connectivity index (χ0) is 19.2. The van der Waals surface area contributed by atoms with Crippen LogP contribution in [0.5, 0.6) is 5.75 Å². The minimum absolute atomic E-state index is 0.177. The number of carbonyl (C=O) groups is 1. The van der Waals surface area contributed by atoms with E-state index in [1.807, 2.05) is 24.3 Å². The summed E-state index contributed by atoms with van der Waals surface area (Å²) < 4.78 is 16.2. The van der Waals surface area contributed by atoms with E-state index in [0.29, 0.717) is 18.3 Å². The van der Waals surface area contributed by atoms with E-state index in [2.05, 4.69) is 23.6 Å². The molecule has 2 rings (SSSR count). The number of benzene rings is 1. The molecule has 0 fully saturated rings. The lowest BCUT2D eigenvalue weighted by molar-refractivity contribution is -0.149. The SMILES string of the molecule is C=C(Cc1noc(-c2ccc(OCCCC)cc2)n1)C(=O)OC(C)(C)C. The normalized spacial score (nSPS) is 11.2. The first kappa shape index (κ1) is 19.7. The van der Waals surface area contributed by atoms with Crippen LogP contribution in [0.1, 0.15) is 46.4 Å². The van der Waals surface area contributed by atoms with Crippen LogP contribution >= 0.6 is 0 Å². The Kier molecular flexibility index (Phi) is 6.55. The van der Waals surface area contributed by atoms with Gasteiger partial charge in [0.15, 0.2) is 5.82 Å². The number of esters is 1. The summed E-state index contributed by atoms with van der Waals surface area (Å²) in [6, 6.07) is 7.46. The Labute approximate surface area is 154 Å². The summed E-state index contributed by atoms with van der Waals surface area (Å²) >= 11 is 0. The highest BCUT2D eigenvalue weighted by Crippen LogP contribution is 2.22. The highest BCUT2D eigenvalue weighted by Gasteiger charge is 2.20. The monoisotopic (exact) mass is 358 g/mol. The zero-order valence-electron chi connectivity index (χ0n) is 15.9. The second-order valence-electron chi connectivity index (χ2n) is 7.02. The van der Waals surface area contributed by atoms with Gasteiger partial charge in [-0.1, -0.05) is 25.1 Å². The van der Waals surface area contributed by atoms with Gasteiger partial charge < -0.3 is 14.0 Å². The summed E-state index contributed by atoms with van der Waals surface area (Å²) in [5.41, 5.74) is 0.505. The molecule has 0 N–H and O–H groups in total. The van der Waals surface area contributed by atoms with Crippen LogP contribution in [-0.2, 0) is 16.0 Å². The molecule has 26 heavy (non-hydrogen) atoms. The van der Waals surface area contributed by atoms with Gasteiger partial charge in [0.1, 0.15) is 11.4 Å². The van der Waals surface area contributed by atoms with Crippen LogP contribution in [0.2, 0.25) is 0 Å². The Morgan fingerprint density at radius 3 is 2.54 bits per heavy atom. The Bertz CT molecular complexity index is 742. The molecule has 0 saturated heterocycles. The Morgan fingerprint density at radius 1 is 1.23 bits per heavy atom. The van der Waals surface area contributed by atoms with E-state index < -0.39 is 11.6 Å². The first-order valence-electron chi connectivity index (χ1n) is 8.75. The van der Waals surface area contributed by atoms with Gasteiger partial charge in [0, 0.05) is 17.6 Å². The fraction of sp³-hybridized carbons (Fsp3) is 0.450. The fourth-order valence-electron chi connectivity index (χ4n) is 2.08. The molecule has 140 valence electrons. The van der Waals surface area contributed by atoms with E-state index in [9.17, 15) is 4.79 Å². The average Bonchev–Trinajstić information content (AvgIpc) is 3.02. The van der Waals surface area contributed by atoms with E-state index in [-0.39, 0.29) is 12.0 Å². The zero-order valence-corrected chi connectivity index (χ0v) is 15.9. The van der Waals surface area contributed by atoms with Gasteiger partial charge in [-0.05, 0) is 51.5 Å². The molecule has 1 heterocycles. The molecule has 1 aromatic heterocycles. The van der Waals surface area contributed by atoms with Gasteiger partial charge in [-0.25, -0.2) is 4.79 Å². The van der Waals surface area contributed by atoms with Crippen molar-refractivity contribution in [3.63, 3.8) is 0 Å². The number of ether oxygens (including phenoxy) is 2. The second kappa shape index (κ2) is 8.65. The Balaban J connectivity index is 1.96. The lowest BCUT2D eigenvalue weighted by atomic mass is 10.1. The molecule has 0 aliphatic rings. The third-order valence-electron chi connectivity index (χ3n) is 3.40. The molecule has 2 aromatic rings. The van der Waals surface area contributed by atoms with Gasteiger partial charge in [0.25, 0.3) is 5.89 Å². The second-order valence-corrected chi connectivity index (χ2v) is 7.02. The summed E-state index contributed by atoms with van der Waals surface area (Å²) in [5, 5.41) is 3.91. The van der Waals surface area contributed by atoms with Crippen LogP contribution in [0, 0.1) is 0 Å². The van der Waals surface area contributed by atoms with Crippen molar-refractivity contribution in [1.29, 1.82) is 0 Å². The maximum Gasteiger partial charge on any atom is 0.334 e. The number of carbonyl (C=O) groups excluding carboxylic acids is 1. The van der Waals surface area contributed by atoms with E-state index >= 15 is 0 Å². The van der Waals surface area contributed by atoms with Crippen LogP contribution in [0.3, 0.4) is 0 Å². The molecular formula is C20H26N2O4. The van der Waals surface area contributed by atoms with Crippen molar-refractivity contribution < 1.29 is 18.8 Å². The number of hydrogen-bond acceptors (Lipinski definition) is 6. The topological polar surface area (TPSA) is 74.5 Å². The fourth-order valence-corrected chi connectivity index (χ4v) is 2.08. The number of rotatable bonds is 8. The quantitative estimate of drug-likeness (QED) is 0.397. The molecule has 0 amide bonds. The molecule has 0 radical (unpaired) electrons. The van der Waals surface area contributed by atoms with Crippen molar-refractivity contribution in [3.8, 4) is 17.2 Å². The van der Waals surface area contributed by atoms with E-state index in [0.717, 1.165) is 24.2 Å². The average molecular weight is 358 g/mol. The van der Waals surface area contributed by atoms with E-state index in [4.69, 9.17) is 14.0 Å². The number of aromatic nitrogens is 2. The summed E-state index contributed by atoms with van der Waals surface area (Å²) in [7, 11) is 0. The highest BCUT2D eigenvalue weighted by atomic mass is 16.6. The molecule has 0 unspecified atom stereocenters. The summed E-state index contributed by atoms with van der Waals surface area (Å²) in [5.74, 6) is 1.12. The molecule has 0 atom stereocenters. The first-order chi connectivity index (χ1) is 12.3. The lowest BCUT2D eigenvalue weighted by Gasteiger charge is -2.19. The number of hydrogen-bond donors (Lipinski definition) is 0. The third-order valence-corrected chi connectivity index (χ3v) is 3.40. The maximum atomic E-state index is 12.0. The van der Waals surface area contributed by atoms with Crippen LogP contribution in [0.15, 0.2) is 40.9 Å². The highest BCUT2D eigenvalue weighted by molar-refractivity contribution is 5.88. The molecule has 0 spiro atoms. The largest absolute Gasteiger partial charge is 0.494 e. The van der Waals surface area contributed by atoms with Crippen LogP contribution in [-0.4, -0.2) is 28.3 Å². The lowest BCUT2D eigenvalue weighted by Crippen LogP contribution is -2.25. The Morgan fingerprint density at radius 2 is 1.92 bits per heavy atom. The molecule has 0 aliphatic heterocycles. The first-order valence-corrected chi connectivity index (χ1v) is 8.75. The molecule has 6 nitrogen and oxygen atoms in total. The smallest absolute Gasteiger partial charge is 0.334 e. The standard InChI is InChI=1S/C20H26N2O4/c1-6-7-12-24-16-10-8-15(9-11-16)18-21-17(22-26-18)13-14(2)19(23)25-20(3,4)5/h8-11H,2,6-7,12-13H2,1,3-5H3. The van der Waals surface area contributed by atoms with E-state index in [1.54, 1.807) is 20.8 Å². The van der Waals surface area contributed by atoms with Gasteiger partial charge in [0.2, 0.25) is 0 Å². The van der Waals surface area contributed by atoms with Gasteiger partial charge in [-0.3, -0.25) is 0 Å². The predicted octanol–water partition coefficient (Wildman–Crippen LogP) is 4.36. The molecule has 1 aromatic carbocycles. The predicted molar refractivity (Wildman–Crippen MR) is 98.8 cm³/mol. The Hall–Kier alpha value is -2.63. The van der Waals surface area contributed by atoms with Gasteiger partial charge in [-0.2, -0.15) is 4.98 Å². The van der Waals surface area contributed by atoms with Crippen molar-refractivity contribution >= 4 is 5.97 Å². The summed E-state index contributed by atoms with van der Waals surface area (Å²) in [6.07, 6.45) is 2.30. The molecule has 0 aliphatic carbocycles. The summed E-state index contributed by atoms with van der Waals surface area (Å²) in [4.78, 5) is 16.3. The van der Waals surface area contributed by atoms with Crippen LogP contribution < -0.4 is 4.74 Å². The van der Waals surface area contributed by atoms with Crippen molar-refractivity contribution in [1.82, 2.24) is 10.1 Å². The molecule has 6 heteroatoms. The maximum absolute atomic E-state index is 12.0. The minimum Gasteiger partial charge on any atom is -0.494 e. The molecule has 0 saturated carbocycles. The molecule has 0 bridgehead atoms. The minimum atomic E-state index is -0.566. The number of nitrogens with zero attached hydrogens (tertiary/aromatic N) is 2. The van der Waals surface area contributed by atoms with Crippen LogP contribution in [0.4, 0.5) is 0 Å². The van der Waals surface area contributed by atoms with E-state index in [1.165, 1.54) is 0 Å². The van der Waals surface area contributed by atoms with Crippen molar-refractivity contribution in [2.45, 2.75) is 52.6 Å². The molecular weight excluding hydrogens is 332 g/mol.